The molecule has 1 amide bonds. The standard InChI is InChI=1S/C19H13ClN4O3/c20-14-6-4-12(5-7-14)10-23-11-16(17(22)25)18(26)24(19(23)27)15-3-1-2-13(8-15)9-21/h1-8,11H,10H2,(H2,22,25). The minimum atomic E-state index is -0.949. The van der Waals surface area contributed by atoms with Crippen LogP contribution in [0.3, 0.4) is 0 Å². The molecule has 1 heterocycles. The fraction of sp³-hybridized carbons (Fsp3) is 0.0526. The number of benzene rings is 2. The van der Waals surface area contributed by atoms with Gasteiger partial charge in [-0.05, 0) is 35.9 Å². The predicted molar refractivity (Wildman–Crippen MR) is 100 cm³/mol. The number of carbonyl (C=O) groups is 1. The Morgan fingerprint density at radius 3 is 2.48 bits per heavy atom. The van der Waals surface area contributed by atoms with Crippen LogP contribution in [0.25, 0.3) is 5.69 Å². The number of halogens is 1. The van der Waals surface area contributed by atoms with Crippen LogP contribution in [-0.4, -0.2) is 15.0 Å². The van der Waals surface area contributed by atoms with E-state index in [0.29, 0.717) is 5.02 Å². The summed E-state index contributed by atoms with van der Waals surface area (Å²) in [7, 11) is 0. The van der Waals surface area contributed by atoms with E-state index in [1.54, 1.807) is 36.4 Å². The Kier molecular flexibility index (Phi) is 4.92. The molecule has 0 aliphatic rings. The van der Waals surface area contributed by atoms with Crippen LogP contribution in [0.2, 0.25) is 5.02 Å². The SMILES string of the molecule is N#Cc1cccc(-n2c(=O)c(C(N)=O)cn(Cc3ccc(Cl)cc3)c2=O)c1. The van der Waals surface area contributed by atoms with Gasteiger partial charge in [0, 0.05) is 11.2 Å². The smallest absolute Gasteiger partial charge is 0.335 e. The molecule has 134 valence electrons. The Morgan fingerprint density at radius 2 is 1.85 bits per heavy atom. The van der Waals surface area contributed by atoms with Crippen molar-refractivity contribution < 1.29 is 4.79 Å². The molecule has 1 aromatic heterocycles. The Labute approximate surface area is 158 Å². The molecule has 0 saturated heterocycles. The summed E-state index contributed by atoms with van der Waals surface area (Å²) < 4.78 is 2.04. The normalized spacial score (nSPS) is 10.4. The molecular formula is C19H13ClN4O3. The predicted octanol–water partition coefficient (Wildman–Crippen LogP) is 1.67. The van der Waals surface area contributed by atoms with Gasteiger partial charge in [0.25, 0.3) is 11.5 Å². The fourth-order valence-corrected chi connectivity index (χ4v) is 2.74. The number of nitrogens with zero attached hydrogens (tertiary/aromatic N) is 3. The van der Waals surface area contributed by atoms with Gasteiger partial charge < -0.3 is 5.73 Å². The summed E-state index contributed by atoms with van der Waals surface area (Å²) >= 11 is 5.87. The average Bonchev–Trinajstić information content (AvgIpc) is 2.65. The molecule has 0 unspecified atom stereocenters. The van der Waals surface area contributed by atoms with Crippen molar-refractivity contribution in [3.63, 3.8) is 0 Å². The van der Waals surface area contributed by atoms with Crippen molar-refractivity contribution in [2.45, 2.75) is 6.54 Å². The second-order valence-electron chi connectivity index (χ2n) is 5.75. The number of primary amides is 1. The van der Waals surface area contributed by atoms with Crippen LogP contribution in [0.5, 0.6) is 0 Å². The third-order valence-corrected chi connectivity index (χ3v) is 4.17. The largest absolute Gasteiger partial charge is 0.365 e. The van der Waals surface area contributed by atoms with Gasteiger partial charge in [0.2, 0.25) is 0 Å². The van der Waals surface area contributed by atoms with Crippen molar-refractivity contribution in [1.82, 2.24) is 9.13 Å². The molecule has 0 radical (unpaired) electrons. The monoisotopic (exact) mass is 380 g/mol. The second-order valence-corrected chi connectivity index (χ2v) is 6.18. The first-order valence-corrected chi connectivity index (χ1v) is 8.20. The number of aromatic nitrogens is 2. The summed E-state index contributed by atoms with van der Waals surface area (Å²) in [4.78, 5) is 37.2. The van der Waals surface area contributed by atoms with Crippen LogP contribution in [0.15, 0.2) is 64.3 Å². The highest BCUT2D eigenvalue weighted by Gasteiger charge is 2.17. The molecule has 3 aromatic rings. The van der Waals surface area contributed by atoms with Gasteiger partial charge in [-0.15, -0.1) is 0 Å². The Bertz CT molecular complexity index is 1190. The van der Waals surface area contributed by atoms with E-state index in [0.717, 1.165) is 16.3 Å². The molecule has 0 saturated carbocycles. The quantitative estimate of drug-likeness (QED) is 0.742. The number of rotatable bonds is 4. The molecule has 7 nitrogen and oxygen atoms in total. The third kappa shape index (κ3) is 3.66. The molecule has 0 spiro atoms. The molecule has 0 aliphatic heterocycles. The highest BCUT2D eigenvalue weighted by Crippen LogP contribution is 2.11. The van der Waals surface area contributed by atoms with Crippen molar-refractivity contribution in [1.29, 1.82) is 5.26 Å². The fourth-order valence-electron chi connectivity index (χ4n) is 2.61. The van der Waals surface area contributed by atoms with Crippen molar-refractivity contribution >= 4 is 17.5 Å². The summed E-state index contributed by atoms with van der Waals surface area (Å²) in [5.74, 6) is -0.949. The van der Waals surface area contributed by atoms with Gasteiger partial charge in [-0.3, -0.25) is 14.2 Å². The van der Waals surface area contributed by atoms with E-state index >= 15 is 0 Å². The maximum Gasteiger partial charge on any atom is 0.335 e. The van der Waals surface area contributed by atoms with Crippen LogP contribution >= 0.6 is 11.6 Å². The Hall–Kier alpha value is -3.63. The molecule has 2 N–H and O–H groups in total. The molecule has 0 bridgehead atoms. The van der Waals surface area contributed by atoms with Crippen LogP contribution in [0.1, 0.15) is 21.5 Å². The first-order chi connectivity index (χ1) is 12.9. The number of nitriles is 1. The molecule has 0 atom stereocenters. The number of amides is 1. The number of carbonyl (C=O) groups excluding carboxylic acids is 1. The van der Waals surface area contributed by atoms with Gasteiger partial charge >= 0.3 is 5.69 Å². The zero-order valence-electron chi connectivity index (χ0n) is 13.9. The summed E-state index contributed by atoms with van der Waals surface area (Å²) in [6, 6.07) is 14.7. The van der Waals surface area contributed by atoms with Crippen molar-refractivity contribution in [2.75, 3.05) is 0 Å². The molecule has 2 aromatic carbocycles. The van der Waals surface area contributed by atoms with Crippen LogP contribution in [0.4, 0.5) is 0 Å². The van der Waals surface area contributed by atoms with Gasteiger partial charge in [0.15, 0.2) is 0 Å². The maximum absolute atomic E-state index is 12.9. The second kappa shape index (κ2) is 7.32. The minimum Gasteiger partial charge on any atom is -0.365 e. The molecular weight excluding hydrogens is 368 g/mol. The van der Waals surface area contributed by atoms with Gasteiger partial charge in [0.1, 0.15) is 5.56 Å². The van der Waals surface area contributed by atoms with Gasteiger partial charge in [-0.25, -0.2) is 9.36 Å². The van der Waals surface area contributed by atoms with Gasteiger partial charge in [0.05, 0.1) is 23.9 Å². The first kappa shape index (κ1) is 18.2. The average molecular weight is 381 g/mol. The zero-order valence-corrected chi connectivity index (χ0v) is 14.7. The Balaban J connectivity index is 2.23. The van der Waals surface area contributed by atoms with Crippen LogP contribution in [-0.2, 0) is 6.54 Å². The molecule has 0 fully saturated rings. The lowest BCUT2D eigenvalue weighted by Crippen LogP contribution is -2.42. The van der Waals surface area contributed by atoms with Crippen LogP contribution in [0, 0.1) is 11.3 Å². The molecule has 3 rings (SSSR count). The maximum atomic E-state index is 12.9. The van der Waals surface area contributed by atoms with Crippen molar-refractivity contribution in [2.24, 2.45) is 5.73 Å². The number of hydrogen-bond acceptors (Lipinski definition) is 4. The third-order valence-electron chi connectivity index (χ3n) is 3.92. The number of hydrogen-bond donors (Lipinski definition) is 1. The minimum absolute atomic E-state index is 0.106. The van der Waals surface area contributed by atoms with Crippen LogP contribution < -0.4 is 17.0 Å². The van der Waals surface area contributed by atoms with E-state index in [-0.39, 0.29) is 23.4 Å². The summed E-state index contributed by atoms with van der Waals surface area (Å²) in [6.07, 6.45) is 1.15. The van der Waals surface area contributed by atoms with E-state index in [1.807, 2.05) is 6.07 Å². The van der Waals surface area contributed by atoms with E-state index in [9.17, 15) is 14.4 Å². The van der Waals surface area contributed by atoms with Crippen molar-refractivity contribution in [3.05, 3.63) is 97.3 Å². The van der Waals surface area contributed by atoms with E-state index in [1.165, 1.54) is 16.7 Å². The van der Waals surface area contributed by atoms with E-state index in [4.69, 9.17) is 22.6 Å². The van der Waals surface area contributed by atoms with Gasteiger partial charge in [-0.1, -0.05) is 29.8 Å². The highest BCUT2D eigenvalue weighted by atomic mass is 35.5. The first-order valence-electron chi connectivity index (χ1n) is 7.82. The van der Waals surface area contributed by atoms with E-state index in [2.05, 4.69) is 0 Å². The summed E-state index contributed by atoms with van der Waals surface area (Å²) in [5, 5.41) is 9.60. The molecule has 8 heteroatoms. The Morgan fingerprint density at radius 1 is 1.15 bits per heavy atom. The number of nitrogens with two attached hydrogens (primary N) is 1. The van der Waals surface area contributed by atoms with Gasteiger partial charge in [-0.2, -0.15) is 5.26 Å². The molecule has 0 aliphatic carbocycles. The zero-order chi connectivity index (χ0) is 19.6. The van der Waals surface area contributed by atoms with Crippen molar-refractivity contribution in [3.8, 4) is 11.8 Å². The lowest BCUT2D eigenvalue weighted by molar-refractivity contribution is 0.0997. The summed E-state index contributed by atoms with van der Waals surface area (Å²) in [5.41, 5.74) is 4.68. The topological polar surface area (TPSA) is 111 Å². The summed E-state index contributed by atoms with van der Waals surface area (Å²) in [6.45, 7) is 0.106. The highest BCUT2D eigenvalue weighted by molar-refractivity contribution is 6.30. The molecule has 27 heavy (non-hydrogen) atoms. The van der Waals surface area contributed by atoms with E-state index < -0.39 is 17.2 Å². The lowest BCUT2D eigenvalue weighted by Gasteiger charge is -2.12. The lowest BCUT2D eigenvalue weighted by atomic mass is 10.2.